The van der Waals surface area contributed by atoms with Crippen molar-refractivity contribution < 1.29 is 22.7 Å². The lowest BCUT2D eigenvalue weighted by atomic mass is 10.1. The van der Waals surface area contributed by atoms with Gasteiger partial charge in [-0.25, -0.2) is 17.6 Å². The third-order valence-electron chi connectivity index (χ3n) is 6.14. The summed E-state index contributed by atoms with van der Waals surface area (Å²) in [5.41, 5.74) is 2.76. The SMILES string of the molecule is CCc1ccc(S(=O)(=O)Nc2cc(C(=O)O)ccc2N2CCN(Cc3cccc(F)c3)CC2)cc1. The van der Waals surface area contributed by atoms with Crippen LogP contribution in [0, 0.1) is 5.82 Å². The van der Waals surface area contributed by atoms with Crippen molar-refractivity contribution >= 4 is 27.4 Å². The monoisotopic (exact) mass is 497 g/mol. The van der Waals surface area contributed by atoms with Crippen LogP contribution in [-0.4, -0.2) is 50.6 Å². The fourth-order valence-electron chi connectivity index (χ4n) is 4.17. The fourth-order valence-corrected chi connectivity index (χ4v) is 5.24. The number of aromatic carboxylic acids is 1. The molecule has 0 saturated carbocycles. The summed E-state index contributed by atoms with van der Waals surface area (Å²) >= 11 is 0. The van der Waals surface area contributed by atoms with Crippen molar-refractivity contribution in [1.29, 1.82) is 0 Å². The van der Waals surface area contributed by atoms with Gasteiger partial charge in [-0.15, -0.1) is 0 Å². The summed E-state index contributed by atoms with van der Waals surface area (Å²) in [6.45, 7) is 5.23. The number of anilines is 2. The van der Waals surface area contributed by atoms with Gasteiger partial charge in [-0.3, -0.25) is 9.62 Å². The molecule has 2 N–H and O–H groups in total. The molecule has 1 saturated heterocycles. The normalized spacial score (nSPS) is 14.6. The lowest BCUT2D eigenvalue weighted by molar-refractivity contribution is 0.0697. The Bertz CT molecular complexity index is 1300. The van der Waals surface area contributed by atoms with Crippen LogP contribution in [0.4, 0.5) is 15.8 Å². The highest BCUT2D eigenvalue weighted by Gasteiger charge is 2.23. The molecule has 3 aromatic rings. The molecule has 7 nitrogen and oxygen atoms in total. The number of nitrogens with zero attached hydrogens (tertiary/aromatic N) is 2. The first-order chi connectivity index (χ1) is 16.7. The molecule has 9 heteroatoms. The van der Waals surface area contributed by atoms with Crippen molar-refractivity contribution in [1.82, 2.24) is 4.90 Å². The standard InChI is InChI=1S/C26H28FN3O4S/c1-2-19-6-9-23(10-7-19)35(33,34)28-24-17-21(26(31)32)8-11-25(24)30-14-12-29(13-15-30)18-20-4-3-5-22(27)16-20/h3-11,16-17,28H,2,12-15,18H2,1H3,(H,31,32). The van der Waals surface area contributed by atoms with E-state index in [-0.39, 0.29) is 22.0 Å². The fraction of sp³-hybridized carbons (Fsp3) is 0.269. The molecular weight excluding hydrogens is 469 g/mol. The Morgan fingerprint density at radius 2 is 1.69 bits per heavy atom. The van der Waals surface area contributed by atoms with Crippen LogP contribution in [0.25, 0.3) is 0 Å². The Morgan fingerprint density at radius 3 is 2.31 bits per heavy atom. The van der Waals surface area contributed by atoms with Gasteiger partial charge in [-0.1, -0.05) is 31.2 Å². The van der Waals surface area contributed by atoms with E-state index in [9.17, 15) is 22.7 Å². The first-order valence-electron chi connectivity index (χ1n) is 11.5. The summed E-state index contributed by atoms with van der Waals surface area (Å²) in [5.74, 6) is -1.40. The second-order valence-electron chi connectivity index (χ2n) is 8.53. The number of rotatable bonds is 8. The van der Waals surface area contributed by atoms with E-state index < -0.39 is 16.0 Å². The molecule has 184 valence electrons. The van der Waals surface area contributed by atoms with E-state index >= 15 is 0 Å². The number of carboxylic acid groups (broad SMARTS) is 1. The van der Waals surface area contributed by atoms with Crippen LogP contribution in [-0.2, 0) is 23.0 Å². The maximum absolute atomic E-state index is 13.5. The minimum Gasteiger partial charge on any atom is -0.478 e. The molecule has 0 amide bonds. The molecular formula is C26H28FN3O4S. The summed E-state index contributed by atoms with van der Waals surface area (Å²) in [7, 11) is -3.91. The molecule has 1 fully saturated rings. The Kier molecular flexibility index (Phi) is 7.37. The number of carboxylic acids is 1. The lowest BCUT2D eigenvalue weighted by Crippen LogP contribution is -2.46. The molecule has 0 unspecified atom stereocenters. The van der Waals surface area contributed by atoms with Crippen LogP contribution >= 0.6 is 0 Å². The van der Waals surface area contributed by atoms with Crippen molar-refractivity contribution in [3.8, 4) is 0 Å². The van der Waals surface area contributed by atoms with Crippen LogP contribution in [0.5, 0.6) is 0 Å². The van der Waals surface area contributed by atoms with Crippen molar-refractivity contribution in [2.45, 2.75) is 24.8 Å². The second-order valence-corrected chi connectivity index (χ2v) is 10.2. The third kappa shape index (κ3) is 5.98. The van der Waals surface area contributed by atoms with Crippen LogP contribution in [0.2, 0.25) is 0 Å². The highest BCUT2D eigenvalue weighted by molar-refractivity contribution is 7.92. The van der Waals surface area contributed by atoms with E-state index in [1.807, 2.05) is 17.9 Å². The van der Waals surface area contributed by atoms with Gasteiger partial charge in [0.05, 0.1) is 21.8 Å². The maximum Gasteiger partial charge on any atom is 0.335 e. The quantitative estimate of drug-likeness (QED) is 0.485. The number of carbonyl (C=O) groups is 1. The highest BCUT2D eigenvalue weighted by Crippen LogP contribution is 2.31. The molecule has 0 aromatic heterocycles. The van der Waals surface area contributed by atoms with Crippen molar-refractivity contribution in [3.05, 3.63) is 89.2 Å². The molecule has 0 atom stereocenters. The van der Waals surface area contributed by atoms with Crippen LogP contribution in [0.1, 0.15) is 28.4 Å². The lowest BCUT2D eigenvalue weighted by Gasteiger charge is -2.37. The van der Waals surface area contributed by atoms with Gasteiger partial charge in [0.2, 0.25) is 0 Å². The van der Waals surface area contributed by atoms with E-state index in [4.69, 9.17) is 0 Å². The number of aryl methyl sites for hydroxylation is 1. The first kappa shape index (κ1) is 24.7. The molecule has 1 aliphatic rings. The molecule has 0 spiro atoms. The van der Waals surface area contributed by atoms with Crippen LogP contribution in [0.15, 0.2) is 71.6 Å². The summed E-state index contributed by atoms with van der Waals surface area (Å²) < 4.78 is 42.3. The number of halogens is 1. The number of hydrogen-bond donors (Lipinski definition) is 2. The van der Waals surface area contributed by atoms with E-state index in [0.717, 1.165) is 17.5 Å². The number of nitrogens with one attached hydrogen (secondary N) is 1. The number of benzene rings is 3. The molecule has 0 radical (unpaired) electrons. The van der Waals surface area contributed by atoms with E-state index in [2.05, 4.69) is 9.62 Å². The van der Waals surface area contributed by atoms with Gasteiger partial charge < -0.3 is 10.0 Å². The summed E-state index contributed by atoms with van der Waals surface area (Å²) in [5, 5.41) is 9.45. The molecule has 1 aliphatic heterocycles. The Balaban J connectivity index is 1.53. The average molecular weight is 498 g/mol. The molecule has 0 bridgehead atoms. The molecule has 3 aromatic carbocycles. The predicted octanol–water partition coefficient (Wildman–Crippen LogP) is 4.21. The Labute approximate surface area is 204 Å². The Hall–Kier alpha value is -3.43. The Morgan fingerprint density at radius 1 is 0.971 bits per heavy atom. The van der Waals surface area contributed by atoms with Gasteiger partial charge >= 0.3 is 5.97 Å². The predicted molar refractivity (Wildman–Crippen MR) is 134 cm³/mol. The summed E-state index contributed by atoms with van der Waals surface area (Å²) in [6.07, 6.45) is 0.795. The number of sulfonamides is 1. The number of hydrogen-bond acceptors (Lipinski definition) is 5. The first-order valence-corrected chi connectivity index (χ1v) is 12.9. The number of piperazine rings is 1. The highest BCUT2D eigenvalue weighted by atomic mass is 32.2. The molecule has 1 heterocycles. The zero-order valence-corrected chi connectivity index (χ0v) is 20.3. The van der Waals surface area contributed by atoms with Gasteiger partial charge in [0, 0.05) is 32.7 Å². The largest absolute Gasteiger partial charge is 0.478 e. The summed E-state index contributed by atoms with van der Waals surface area (Å²) in [6, 6.07) is 17.6. The maximum atomic E-state index is 13.5. The van der Waals surface area contributed by atoms with Gasteiger partial charge in [-0.05, 0) is 60.0 Å². The summed E-state index contributed by atoms with van der Waals surface area (Å²) in [4.78, 5) is 15.9. The van der Waals surface area contributed by atoms with Crippen LogP contribution < -0.4 is 9.62 Å². The van der Waals surface area contributed by atoms with Gasteiger partial charge in [0.25, 0.3) is 10.0 Å². The second kappa shape index (κ2) is 10.5. The van der Waals surface area contributed by atoms with Gasteiger partial charge in [0.1, 0.15) is 5.82 Å². The van der Waals surface area contributed by atoms with E-state index in [1.165, 1.54) is 24.3 Å². The average Bonchev–Trinajstić information content (AvgIpc) is 2.84. The molecule has 35 heavy (non-hydrogen) atoms. The molecule has 0 aliphatic carbocycles. The minimum absolute atomic E-state index is 0.00230. The van der Waals surface area contributed by atoms with Gasteiger partial charge in [-0.2, -0.15) is 0 Å². The zero-order chi connectivity index (χ0) is 25.0. The van der Waals surface area contributed by atoms with E-state index in [0.29, 0.717) is 38.4 Å². The van der Waals surface area contributed by atoms with Gasteiger partial charge in [0.15, 0.2) is 0 Å². The van der Waals surface area contributed by atoms with Crippen molar-refractivity contribution in [2.24, 2.45) is 0 Å². The van der Waals surface area contributed by atoms with Crippen LogP contribution in [0.3, 0.4) is 0 Å². The topological polar surface area (TPSA) is 89.9 Å². The smallest absolute Gasteiger partial charge is 0.335 e. The van der Waals surface area contributed by atoms with Crippen molar-refractivity contribution in [3.63, 3.8) is 0 Å². The third-order valence-corrected chi connectivity index (χ3v) is 7.52. The molecule has 4 rings (SSSR count). The van der Waals surface area contributed by atoms with Crippen molar-refractivity contribution in [2.75, 3.05) is 35.8 Å². The zero-order valence-electron chi connectivity index (χ0n) is 19.4. The van der Waals surface area contributed by atoms with E-state index in [1.54, 1.807) is 36.4 Å². The minimum atomic E-state index is -3.91.